The molecule has 0 aliphatic heterocycles. The second-order valence-corrected chi connectivity index (χ2v) is 9.48. The number of para-hydroxylation sites is 1. The van der Waals surface area contributed by atoms with Crippen molar-refractivity contribution in [3.8, 4) is 16.3 Å². The summed E-state index contributed by atoms with van der Waals surface area (Å²) >= 11 is 1.46. The molecule has 0 amide bonds. The number of fused-ring (bicyclic) bond motifs is 1. The molecule has 0 spiro atoms. The highest BCUT2D eigenvalue weighted by atomic mass is 32.1. The minimum atomic E-state index is -0.863. The van der Waals surface area contributed by atoms with Crippen LogP contribution < -0.4 is 17.0 Å². The summed E-state index contributed by atoms with van der Waals surface area (Å²) in [7, 11) is 2.58. The first kappa shape index (κ1) is 24.8. The smallest absolute Gasteiger partial charge is 0.339 e. The Morgan fingerprint density at radius 3 is 2.47 bits per heavy atom. The van der Waals surface area contributed by atoms with Crippen LogP contribution in [0.1, 0.15) is 26.4 Å². The normalized spacial score (nSPS) is 11.1. The van der Waals surface area contributed by atoms with Gasteiger partial charge in [0, 0.05) is 14.1 Å². The summed E-state index contributed by atoms with van der Waals surface area (Å²) in [6.07, 6.45) is 0. The van der Waals surface area contributed by atoms with Gasteiger partial charge < -0.3 is 10.5 Å². The number of aryl methyl sites for hydroxylation is 1. The van der Waals surface area contributed by atoms with Gasteiger partial charge in [0.1, 0.15) is 11.4 Å². The van der Waals surface area contributed by atoms with E-state index in [-0.39, 0.29) is 11.4 Å². The quantitative estimate of drug-likeness (QED) is 0.260. The summed E-state index contributed by atoms with van der Waals surface area (Å²) in [5, 5.41) is 6.98. The maximum Gasteiger partial charge on any atom is 0.339 e. The van der Waals surface area contributed by atoms with E-state index in [0.29, 0.717) is 22.4 Å². The number of nitrogens with two attached hydrogens (primary N) is 1. The molecule has 5 aromatic rings. The van der Waals surface area contributed by atoms with E-state index in [9.17, 15) is 19.2 Å². The van der Waals surface area contributed by atoms with Crippen molar-refractivity contribution >= 4 is 39.9 Å². The van der Waals surface area contributed by atoms with E-state index < -0.39 is 35.2 Å². The molecule has 192 valence electrons. The number of carbonyl (C=O) groups excluding carboxylic acids is 2. The van der Waals surface area contributed by atoms with Crippen LogP contribution in [0.25, 0.3) is 27.3 Å². The third kappa shape index (κ3) is 4.10. The molecule has 0 aliphatic carbocycles. The lowest BCUT2D eigenvalue weighted by Gasteiger charge is -2.11. The Labute approximate surface area is 219 Å². The number of aromatic nitrogens is 5. The van der Waals surface area contributed by atoms with Gasteiger partial charge in [-0.25, -0.2) is 19.3 Å². The van der Waals surface area contributed by atoms with Gasteiger partial charge in [-0.3, -0.25) is 18.7 Å². The van der Waals surface area contributed by atoms with Crippen molar-refractivity contribution in [1.82, 2.24) is 23.9 Å². The van der Waals surface area contributed by atoms with Crippen molar-refractivity contribution in [2.75, 3.05) is 12.3 Å². The number of Topliss-reactive ketones (excluding diaryl/α,β-unsaturated/α-hetero) is 1. The number of anilines is 1. The molecular formula is C26H22N6O5S. The molecule has 0 saturated heterocycles. The molecule has 0 unspecified atom stereocenters. The lowest BCUT2D eigenvalue weighted by Crippen LogP contribution is -2.42. The van der Waals surface area contributed by atoms with Gasteiger partial charge in [-0.2, -0.15) is 5.10 Å². The van der Waals surface area contributed by atoms with Gasteiger partial charge in [0.15, 0.2) is 12.3 Å². The Bertz CT molecular complexity index is 1830. The van der Waals surface area contributed by atoms with E-state index in [0.717, 1.165) is 19.7 Å². The Balaban J connectivity index is 1.56. The molecule has 0 bridgehead atoms. The maximum absolute atomic E-state index is 13.4. The van der Waals surface area contributed by atoms with Crippen molar-refractivity contribution in [2.45, 2.75) is 6.92 Å². The number of hydrogen-bond acceptors (Lipinski definition) is 9. The fraction of sp³-hybridized carbons (Fsp3) is 0.154. The molecule has 0 fully saturated rings. The zero-order valence-electron chi connectivity index (χ0n) is 20.7. The highest BCUT2D eigenvalue weighted by molar-refractivity contribution is 7.13. The first-order valence-electron chi connectivity index (χ1n) is 11.4. The second-order valence-electron chi connectivity index (χ2n) is 8.53. The van der Waals surface area contributed by atoms with Crippen LogP contribution >= 0.6 is 11.3 Å². The SMILES string of the molecule is Cc1nn(-c2ccccc2)c2nc(-c3cccs3)cc(C(=O)OCC(=O)c3c(N)n(C)c(=O)n(C)c3=O)c12. The number of pyridine rings is 1. The summed E-state index contributed by atoms with van der Waals surface area (Å²) in [4.78, 5) is 56.5. The monoisotopic (exact) mass is 530 g/mol. The molecule has 5 rings (SSSR count). The number of carbonyl (C=O) groups is 2. The van der Waals surface area contributed by atoms with E-state index in [2.05, 4.69) is 5.10 Å². The third-order valence-electron chi connectivity index (χ3n) is 6.13. The number of esters is 1. The van der Waals surface area contributed by atoms with Crippen molar-refractivity contribution in [3.05, 3.63) is 91.6 Å². The van der Waals surface area contributed by atoms with Gasteiger partial charge >= 0.3 is 11.7 Å². The van der Waals surface area contributed by atoms with Gasteiger partial charge in [-0.15, -0.1) is 11.3 Å². The van der Waals surface area contributed by atoms with Crippen LogP contribution in [0, 0.1) is 6.92 Å². The van der Waals surface area contributed by atoms with Crippen LogP contribution in [-0.2, 0) is 18.8 Å². The second kappa shape index (κ2) is 9.56. The molecule has 12 heteroatoms. The average molecular weight is 531 g/mol. The summed E-state index contributed by atoms with van der Waals surface area (Å²) in [5.74, 6) is -1.92. The Hall–Kier alpha value is -4.84. The molecule has 2 N–H and O–H groups in total. The number of nitrogens with zero attached hydrogens (tertiary/aromatic N) is 5. The predicted molar refractivity (Wildman–Crippen MR) is 143 cm³/mol. The first-order valence-corrected chi connectivity index (χ1v) is 12.3. The van der Waals surface area contributed by atoms with E-state index in [4.69, 9.17) is 15.5 Å². The van der Waals surface area contributed by atoms with Gasteiger partial charge in [-0.05, 0) is 36.6 Å². The third-order valence-corrected chi connectivity index (χ3v) is 7.02. The topological polar surface area (TPSA) is 144 Å². The fourth-order valence-corrected chi connectivity index (χ4v) is 4.84. The minimum absolute atomic E-state index is 0.173. The van der Waals surface area contributed by atoms with Crippen molar-refractivity contribution < 1.29 is 14.3 Å². The van der Waals surface area contributed by atoms with Crippen LogP contribution in [0.4, 0.5) is 5.82 Å². The summed E-state index contributed by atoms with van der Waals surface area (Å²) in [5.41, 5.74) is 6.38. The molecule has 1 aromatic carbocycles. The van der Waals surface area contributed by atoms with Gasteiger partial charge in [0.05, 0.1) is 32.9 Å². The molecule has 0 radical (unpaired) electrons. The Morgan fingerprint density at radius 2 is 1.79 bits per heavy atom. The molecule has 0 atom stereocenters. The van der Waals surface area contributed by atoms with Crippen LogP contribution in [0.5, 0.6) is 0 Å². The van der Waals surface area contributed by atoms with Gasteiger partial charge in [0.25, 0.3) is 5.56 Å². The van der Waals surface area contributed by atoms with Gasteiger partial charge in [0.2, 0.25) is 5.78 Å². The van der Waals surface area contributed by atoms with Crippen LogP contribution in [0.3, 0.4) is 0 Å². The minimum Gasteiger partial charge on any atom is -0.454 e. The van der Waals surface area contributed by atoms with E-state index in [1.54, 1.807) is 17.7 Å². The Kier molecular flexibility index (Phi) is 6.25. The number of benzene rings is 1. The lowest BCUT2D eigenvalue weighted by atomic mass is 10.1. The molecule has 38 heavy (non-hydrogen) atoms. The molecule has 0 saturated carbocycles. The van der Waals surface area contributed by atoms with E-state index >= 15 is 0 Å². The zero-order valence-corrected chi connectivity index (χ0v) is 21.5. The molecule has 11 nitrogen and oxygen atoms in total. The van der Waals surface area contributed by atoms with Crippen LogP contribution in [0.15, 0.2) is 63.5 Å². The van der Waals surface area contributed by atoms with Crippen molar-refractivity contribution in [3.63, 3.8) is 0 Å². The number of hydrogen-bond donors (Lipinski definition) is 1. The largest absolute Gasteiger partial charge is 0.454 e. The highest BCUT2D eigenvalue weighted by Gasteiger charge is 2.25. The molecular weight excluding hydrogens is 508 g/mol. The van der Waals surface area contributed by atoms with Crippen LogP contribution in [-0.4, -0.2) is 42.3 Å². The van der Waals surface area contributed by atoms with Crippen LogP contribution in [0.2, 0.25) is 0 Å². The first-order chi connectivity index (χ1) is 18.2. The standard InChI is InChI=1S/C26H22N6O5S/c1-14-20-16(25(35)37-13-18(33)21-22(27)30(2)26(36)31(3)24(21)34)12-17(19-10-7-11-38-19)28-23(20)32(29-14)15-8-5-4-6-9-15/h4-12H,13,27H2,1-3H3. The van der Waals surface area contributed by atoms with E-state index in [1.807, 2.05) is 47.8 Å². The van der Waals surface area contributed by atoms with Gasteiger partial charge in [-0.1, -0.05) is 24.3 Å². The summed E-state index contributed by atoms with van der Waals surface area (Å²) < 4.78 is 8.78. The summed E-state index contributed by atoms with van der Waals surface area (Å²) in [6.45, 7) is 1.01. The molecule has 4 aromatic heterocycles. The number of rotatable bonds is 6. The van der Waals surface area contributed by atoms with Crippen molar-refractivity contribution in [2.24, 2.45) is 14.1 Å². The maximum atomic E-state index is 13.4. The predicted octanol–water partition coefficient (Wildman–Crippen LogP) is 2.48. The lowest BCUT2D eigenvalue weighted by molar-refractivity contribution is 0.0476. The number of ether oxygens (including phenoxy) is 1. The highest BCUT2D eigenvalue weighted by Crippen LogP contribution is 2.31. The zero-order chi connectivity index (χ0) is 27.1. The number of thiophene rings is 1. The van der Waals surface area contributed by atoms with E-state index in [1.165, 1.54) is 25.4 Å². The number of ketones is 1. The molecule has 0 aliphatic rings. The average Bonchev–Trinajstić information content (AvgIpc) is 3.58. The number of nitrogen functional groups attached to an aromatic ring is 1. The molecule has 4 heterocycles. The van der Waals surface area contributed by atoms with Crippen molar-refractivity contribution in [1.29, 1.82) is 0 Å². The summed E-state index contributed by atoms with van der Waals surface area (Å²) in [6, 6.07) is 14.7. The fourth-order valence-electron chi connectivity index (χ4n) is 4.15. The Morgan fingerprint density at radius 1 is 1.05 bits per heavy atom.